The number of thioether (sulfide) groups is 3. The number of likely N-dealkylation sites (N-methyl/N-ethyl adjacent to an activating group) is 1. The Kier molecular flexibility index (Phi) is 61.6. The third-order valence-electron chi connectivity index (χ3n) is 15.6. The Morgan fingerprint density at radius 2 is 0.815 bits per heavy atom. The lowest BCUT2D eigenvalue weighted by atomic mass is 9.94. The summed E-state index contributed by atoms with van der Waals surface area (Å²) < 4.78 is 17.0. The van der Waals surface area contributed by atoms with Crippen LogP contribution in [0.5, 0.6) is 0 Å². The summed E-state index contributed by atoms with van der Waals surface area (Å²) in [6, 6.07) is -0.648. The second-order valence-corrected chi connectivity index (χ2v) is 26.8. The molecule has 0 aromatic rings. The number of hydrogen-bond acceptors (Lipinski definition) is 12. The number of nitrogens with zero attached hydrogens (tertiary/aromatic N) is 1. The number of hydrogen-bond donors (Lipinski definition) is 2. The molecule has 14 heteroatoms. The van der Waals surface area contributed by atoms with Crippen LogP contribution in [0.15, 0.2) is 0 Å². The molecule has 0 saturated carbocycles. The normalized spacial score (nSPS) is 12.6. The Hall–Kier alpha value is -1.64. The van der Waals surface area contributed by atoms with Gasteiger partial charge in [-0.1, -0.05) is 228 Å². The van der Waals surface area contributed by atoms with Crippen molar-refractivity contribution in [1.82, 2.24) is 15.5 Å². The van der Waals surface area contributed by atoms with E-state index in [1.807, 2.05) is 11.8 Å². The zero-order valence-corrected chi connectivity index (χ0v) is 56.1. The van der Waals surface area contributed by atoms with Gasteiger partial charge in [0, 0.05) is 42.0 Å². The van der Waals surface area contributed by atoms with E-state index in [-0.39, 0.29) is 29.7 Å². The van der Waals surface area contributed by atoms with Gasteiger partial charge in [0.15, 0.2) is 0 Å². The minimum absolute atomic E-state index is 0.118. The van der Waals surface area contributed by atoms with Crippen molar-refractivity contribution in [3.63, 3.8) is 0 Å². The van der Waals surface area contributed by atoms with E-state index in [0.29, 0.717) is 93.3 Å². The van der Waals surface area contributed by atoms with Crippen molar-refractivity contribution in [1.29, 1.82) is 0 Å². The van der Waals surface area contributed by atoms with Crippen LogP contribution in [0.3, 0.4) is 0 Å². The molecule has 0 radical (unpaired) electrons. The molecule has 0 aliphatic rings. The van der Waals surface area contributed by atoms with Gasteiger partial charge in [0.05, 0.1) is 39.1 Å². The molecule has 0 aromatic heterocycles. The molecule has 0 rings (SSSR count). The summed E-state index contributed by atoms with van der Waals surface area (Å²) in [7, 11) is 0. The van der Waals surface area contributed by atoms with E-state index in [1.54, 1.807) is 23.5 Å². The van der Waals surface area contributed by atoms with E-state index in [9.17, 15) is 24.0 Å². The lowest BCUT2D eigenvalue weighted by molar-refractivity contribution is -0.145. The molecule has 0 aliphatic heterocycles. The molecule has 3 unspecified atom stereocenters. The summed E-state index contributed by atoms with van der Waals surface area (Å²) in [4.78, 5) is 67.4. The number of unbranched alkanes of at least 4 members (excludes halogenated alkanes) is 27. The van der Waals surface area contributed by atoms with Crippen LogP contribution in [-0.4, -0.2) is 121 Å². The van der Waals surface area contributed by atoms with Crippen LogP contribution in [0.4, 0.5) is 0 Å². The van der Waals surface area contributed by atoms with E-state index >= 15 is 0 Å². The standard InChI is InChI=1S/C67H129N3O8S3/c1-7-13-17-21-25-27-28-30-32-36-42-60(41-35-31-29-26-22-18-14-8-2)59-78-66(74)48-57-80-55-46-62(67(75)68-50-51-70(11-5)12-6)69-63(71)44-38-37-43-61(81-58-49-65(73)77-53-40-34-24-20-16-10-4)45-54-79-56-47-64(72)76-52-39-33-23-19-15-9-3/h60-62H,7-59H2,1-6H3,(H,68,75)(H,69,71). The molecule has 0 heterocycles. The molecule has 0 aromatic carbocycles. The summed E-state index contributed by atoms with van der Waals surface area (Å²) >= 11 is 5.23. The zero-order valence-electron chi connectivity index (χ0n) is 53.6. The molecule has 0 saturated heterocycles. The molecular weight excluding hydrogens is 1070 g/mol. The van der Waals surface area contributed by atoms with Crippen molar-refractivity contribution >= 4 is 65.0 Å². The fraction of sp³-hybridized carbons (Fsp3) is 0.925. The van der Waals surface area contributed by atoms with Crippen LogP contribution in [0, 0.1) is 5.92 Å². The maximum Gasteiger partial charge on any atom is 0.306 e. The Balaban J connectivity index is 5.23. The van der Waals surface area contributed by atoms with Crippen LogP contribution in [0.25, 0.3) is 0 Å². The summed E-state index contributed by atoms with van der Waals surface area (Å²) in [6.45, 7) is 17.8. The van der Waals surface area contributed by atoms with Crippen LogP contribution >= 0.6 is 35.3 Å². The average molecular weight is 1200 g/mol. The Morgan fingerprint density at radius 1 is 0.407 bits per heavy atom. The van der Waals surface area contributed by atoms with Crippen LogP contribution in [0.1, 0.15) is 305 Å². The van der Waals surface area contributed by atoms with Gasteiger partial charge in [-0.15, -0.1) is 0 Å². The number of amides is 2. The van der Waals surface area contributed by atoms with Gasteiger partial charge in [-0.3, -0.25) is 24.0 Å². The predicted molar refractivity (Wildman–Crippen MR) is 352 cm³/mol. The van der Waals surface area contributed by atoms with E-state index in [2.05, 4.69) is 57.1 Å². The van der Waals surface area contributed by atoms with Gasteiger partial charge >= 0.3 is 17.9 Å². The van der Waals surface area contributed by atoms with Gasteiger partial charge < -0.3 is 29.7 Å². The highest BCUT2D eigenvalue weighted by atomic mass is 32.2. The lowest BCUT2D eigenvalue weighted by Crippen LogP contribution is -2.48. The van der Waals surface area contributed by atoms with E-state index < -0.39 is 6.04 Å². The third kappa shape index (κ3) is 56.0. The number of esters is 3. The van der Waals surface area contributed by atoms with Gasteiger partial charge in [-0.25, -0.2) is 0 Å². The molecule has 11 nitrogen and oxygen atoms in total. The predicted octanol–water partition coefficient (Wildman–Crippen LogP) is 17.8. The molecule has 0 fully saturated rings. The topological polar surface area (TPSA) is 140 Å². The first-order valence-electron chi connectivity index (χ1n) is 34.2. The first-order valence-corrected chi connectivity index (χ1v) is 37.5. The average Bonchev–Trinajstić information content (AvgIpc) is 3.46. The summed E-state index contributed by atoms with van der Waals surface area (Å²) in [5.74, 6) is 3.36. The van der Waals surface area contributed by atoms with Crippen molar-refractivity contribution in [2.24, 2.45) is 5.92 Å². The maximum atomic E-state index is 13.6. The zero-order chi connectivity index (χ0) is 59.3. The van der Waals surface area contributed by atoms with Crippen molar-refractivity contribution < 1.29 is 38.2 Å². The Morgan fingerprint density at radius 3 is 1.28 bits per heavy atom. The van der Waals surface area contributed by atoms with E-state index in [1.165, 1.54) is 167 Å². The largest absolute Gasteiger partial charge is 0.466 e. The SMILES string of the molecule is CCCCCCCCCCCCC(CCCCCCCCCC)COC(=O)CCSCCC(NC(=O)CCCCC(CCSCCC(=O)OCCCCCCCC)SCCC(=O)OCCCCCCCC)C(=O)NCCN(CC)CC. The molecule has 81 heavy (non-hydrogen) atoms. The molecule has 3 atom stereocenters. The number of carbonyl (C=O) groups excluding carboxylic acids is 5. The van der Waals surface area contributed by atoms with Crippen molar-refractivity contribution in [3.05, 3.63) is 0 Å². The molecular formula is C67H129N3O8S3. The molecule has 478 valence electrons. The van der Waals surface area contributed by atoms with Crippen molar-refractivity contribution in [3.8, 4) is 0 Å². The second kappa shape index (κ2) is 62.9. The lowest BCUT2D eigenvalue weighted by Gasteiger charge is -2.21. The summed E-state index contributed by atoms with van der Waals surface area (Å²) in [5.41, 5.74) is 0. The van der Waals surface area contributed by atoms with Crippen LogP contribution < -0.4 is 10.6 Å². The van der Waals surface area contributed by atoms with Gasteiger partial charge in [0.25, 0.3) is 0 Å². The number of rotatable bonds is 64. The van der Waals surface area contributed by atoms with Gasteiger partial charge in [0.1, 0.15) is 6.04 Å². The first kappa shape index (κ1) is 79.4. The number of carbonyl (C=O) groups is 5. The first-order chi connectivity index (χ1) is 39.6. The molecule has 2 amide bonds. The summed E-state index contributed by atoms with van der Waals surface area (Å²) in [6.07, 6.45) is 45.3. The molecule has 0 spiro atoms. The van der Waals surface area contributed by atoms with E-state index in [0.717, 1.165) is 88.9 Å². The van der Waals surface area contributed by atoms with Crippen LogP contribution in [0.2, 0.25) is 0 Å². The highest BCUT2D eigenvalue weighted by molar-refractivity contribution is 8.00. The fourth-order valence-electron chi connectivity index (χ4n) is 10.1. The maximum absolute atomic E-state index is 13.6. The highest BCUT2D eigenvalue weighted by Gasteiger charge is 2.21. The number of nitrogens with one attached hydrogen (secondary N) is 2. The van der Waals surface area contributed by atoms with Crippen LogP contribution in [-0.2, 0) is 38.2 Å². The molecule has 0 bridgehead atoms. The Labute approximate surface area is 512 Å². The fourth-order valence-corrected chi connectivity index (χ4v) is 13.4. The minimum Gasteiger partial charge on any atom is -0.466 e. The number of ether oxygens (including phenoxy) is 3. The third-order valence-corrected chi connectivity index (χ3v) is 19.0. The van der Waals surface area contributed by atoms with Crippen molar-refractivity contribution in [2.45, 2.75) is 316 Å². The monoisotopic (exact) mass is 1200 g/mol. The molecule has 2 N–H and O–H groups in total. The quantitative estimate of drug-likeness (QED) is 0.0340. The smallest absolute Gasteiger partial charge is 0.306 e. The van der Waals surface area contributed by atoms with Gasteiger partial charge in [-0.2, -0.15) is 35.3 Å². The second-order valence-electron chi connectivity index (χ2n) is 23.0. The van der Waals surface area contributed by atoms with Gasteiger partial charge in [0.2, 0.25) is 11.8 Å². The minimum atomic E-state index is -0.648. The van der Waals surface area contributed by atoms with Crippen molar-refractivity contribution in [2.75, 3.05) is 74.8 Å². The van der Waals surface area contributed by atoms with Gasteiger partial charge in [-0.05, 0) is 81.9 Å². The Bertz CT molecular complexity index is 1430. The molecule has 0 aliphatic carbocycles. The van der Waals surface area contributed by atoms with E-state index in [4.69, 9.17) is 14.2 Å². The summed E-state index contributed by atoms with van der Waals surface area (Å²) in [5, 5.41) is 6.48. The highest BCUT2D eigenvalue weighted by Crippen LogP contribution is 2.25.